The van der Waals surface area contributed by atoms with E-state index in [-0.39, 0.29) is 6.04 Å². The van der Waals surface area contributed by atoms with E-state index >= 15 is 0 Å². The minimum Gasteiger partial charge on any atom is -0.363 e. The Morgan fingerprint density at radius 1 is 1.14 bits per heavy atom. The van der Waals surface area contributed by atoms with Gasteiger partial charge in [-0.05, 0) is 24.6 Å². The molecule has 106 valence electrons. The molecule has 0 fully saturated rings. The summed E-state index contributed by atoms with van der Waals surface area (Å²) in [6, 6.07) is 4.06. The molecule has 0 spiro atoms. The topological polar surface area (TPSA) is 68.5 Å². The van der Waals surface area contributed by atoms with Crippen LogP contribution in [0.5, 0.6) is 0 Å². The van der Waals surface area contributed by atoms with Gasteiger partial charge < -0.3 is 5.32 Å². The Morgan fingerprint density at radius 3 is 2.76 bits per heavy atom. The van der Waals surface area contributed by atoms with Crippen LogP contribution in [0.4, 0.5) is 5.82 Å². The van der Waals surface area contributed by atoms with E-state index in [1.165, 1.54) is 6.33 Å². The van der Waals surface area contributed by atoms with Gasteiger partial charge in [-0.1, -0.05) is 0 Å². The van der Waals surface area contributed by atoms with E-state index in [4.69, 9.17) is 0 Å². The van der Waals surface area contributed by atoms with Crippen molar-refractivity contribution >= 4 is 5.82 Å². The van der Waals surface area contributed by atoms with Crippen molar-refractivity contribution in [2.45, 2.75) is 13.0 Å². The molecule has 0 aliphatic carbocycles. The van der Waals surface area contributed by atoms with Crippen LogP contribution in [0.25, 0.3) is 11.1 Å². The molecule has 6 nitrogen and oxygen atoms in total. The second-order valence-electron chi connectivity index (χ2n) is 4.87. The molecule has 0 aliphatic heterocycles. The van der Waals surface area contributed by atoms with Crippen molar-refractivity contribution in [3.8, 4) is 11.1 Å². The minimum absolute atomic E-state index is 0.101. The number of hydrogen-bond donors (Lipinski definition) is 1. The highest BCUT2D eigenvalue weighted by atomic mass is 15.2. The van der Waals surface area contributed by atoms with Crippen LogP contribution in [0, 0.1) is 0 Å². The van der Waals surface area contributed by atoms with E-state index < -0.39 is 0 Å². The van der Waals surface area contributed by atoms with Gasteiger partial charge in [0.15, 0.2) is 0 Å². The Hall–Kier alpha value is -2.76. The maximum Gasteiger partial charge on any atom is 0.129 e. The van der Waals surface area contributed by atoms with Crippen molar-refractivity contribution in [3.05, 3.63) is 55.0 Å². The maximum atomic E-state index is 4.32. The Balaban J connectivity index is 1.82. The van der Waals surface area contributed by atoms with Crippen molar-refractivity contribution in [1.29, 1.82) is 0 Å². The molecule has 0 bridgehead atoms. The Labute approximate surface area is 122 Å². The van der Waals surface area contributed by atoms with E-state index in [0.717, 1.165) is 22.5 Å². The van der Waals surface area contributed by atoms with Gasteiger partial charge in [-0.25, -0.2) is 9.97 Å². The second kappa shape index (κ2) is 5.70. The summed E-state index contributed by atoms with van der Waals surface area (Å²) in [5, 5.41) is 7.52. The molecule has 0 saturated heterocycles. The van der Waals surface area contributed by atoms with Gasteiger partial charge in [0.1, 0.15) is 12.1 Å². The number of rotatable bonds is 4. The van der Waals surface area contributed by atoms with E-state index in [0.29, 0.717) is 0 Å². The van der Waals surface area contributed by atoms with E-state index in [1.54, 1.807) is 10.9 Å². The smallest absolute Gasteiger partial charge is 0.129 e. The lowest BCUT2D eigenvalue weighted by molar-refractivity contribution is 0.768. The molecule has 3 rings (SSSR count). The van der Waals surface area contributed by atoms with Crippen molar-refractivity contribution in [2.75, 3.05) is 5.32 Å². The van der Waals surface area contributed by atoms with Crippen LogP contribution in [-0.2, 0) is 7.05 Å². The quantitative estimate of drug-likeness (QED) is 0.795. The van der Waals surface area contributed by atoms with E-state index in [2.05, 4.69) is 38.4 Å². The SMILES string of the molecule is CC(Nc1ccncn1)c1cncc(-c2cnn(C)c2)c1. The first-order valence-electron chi connectivity index (χ1n) is 6.69. The average molecular weight is 280 g/mol. The zero-order valence-electron chi connectivity index (χ0n) is 11.9. The highest BCUT2D eigenvalue weighted by Gasteiger charge is 2.09. The first kappa shape index (κ1) is 13.2. The zero-order chi connectivity index (χ0) is 14.7. The standard InChI is InChI=1S/C15H16N6/c1-11(20-15-3-4-16-10-18-15)12-5-13(7-17-6-12)14-8-19-21(2)9-14/h3-11H,1-2H3,(H,16,18,20). The summed E-state index contributed by atoms with van der Waals surface area (Å²) in [5.41, 5.74) is 3.20. The van der Waals surface area contributed by atoms with Gasteiger partial charge >= 0.3 is 0 Å². The molecule has 0 aliphatic rings. The van der Waals surface area contributed by atoms with Gasteiger partial charge in [-0.3, -0.25) is 9.67 Å². The monoisotopic (exact) mass is 280 g/mol. The third kappa shape index (κ3) is 3.05. The van der Waals surface area contributed by atoms with Crippen molar-refractivity contribution < 1.29 is 0 Å². The molecule has 0 radical (unpaired) electrons. The molecular formula is C15H16N6. The van der Waals surface area contributed by atoms with Crippen LogP contribution in [0.2, 0.25) is 0 Å². The maximum absolute atomic E-state index is 4.32. The number of pyridine rings is 1. The molecule has 0 amide bonds. The van der Waals surface area contributed by atoms with E-state index in [1.807, 2.05) is 37.9 Å². The summed E-state index contributed by atoms with van der Waals surface area (Å²) in [6.45, 7) is 2.08. The van der Waals surface area contributed by atoms with Gasteiger partial charge in [-0.2, -0.15) is 5.10 Å². The van der Waals surface area contributed by atoms with Gasteiger partial charge in [0.2, 0.25) is 0 Å². The van der Waals surface area contributed by atoms with Crippen LogP contribution < -0.4 is 5.32 Å². The van der Waals surface area contributed by atoms with Crippen LogP contribution in [0.3, 0.4) is 0 Å². The number of anilines is 1. The Kier molecular flexibility index (Phi) is 3.59. The number of aryl methyl sites for hydroxylation is 1. The average Bonchev–Trinajstić information content (AvgIpc) is 2.95. The van der Waals surface area contributed by atoms with Crippen LogP contribution >= 0.6 is 0 Å². The Morgan fingerprint density at radius 2 is 2.05 bits per heavy atom. The lowest BCUT2D eigenvalue weighted by atomic mass is 10.1. The predicted molar refractivity (Wildman–Crippen MR) is 80.5 cm³/mol. The molecular weight excluding hydrogens is 264 g/mol. The molecule has 6 heteroatoms. The number of nitrogens with one attached hydrogen (secondary N) is 1. The van der Waals surface area contributed by atoms with Gasteiger partial charge in [-0.15, -0.1) is 0 Å². The summed E-state index contributed by atoms with van der Waals surface area (Å²) in [7, 11) is 1.90. The largest absolute Gasteiger partial charge is 0.363 e. The first-order valence-corrected chi connectivity index (χ1v) is 6.69. The summed E-state index contributed by atoms with van der Waals surface area (Å²) in [6.07, 6.45) is 10.8. The molecule has 1 unspecified atom stereocenters. The fraction of sp³-hybridized carbons (Fsp3) is 0.200. The third-order valence-electron chi connectivity index (χ3n) is 3.24. The van der Waals surface area contributed by atoms with Gasteiger partial charge in [0.25, 0.3) is 0 Å². The first-order chi connectivity index (χ1) is 10.2. The highest BCUT2D eigenvalue weighted by Crippen LogP contribution is 2.23. The second-order valence-corrected chi connectivity index (χ2v) is 4.87. The predicted octanol–water partition coefficient (Wildman–Crippen LogP) is 2.45. The number of aromatic nitrogens is 5. The molecule has 1 atom stereocenters. The molecule has 1 N–H and O–H groups in total. The minimum atomic E-state index is 0.101. The fourth-order valence-electron chi connectivity index (χ4n) is 2.10. The zero-order valence-corrected chi connectivity index (χ0v) is 11.9. The molecule has 0 aromatic carbocycles. The van der Waals surface area contributed by atoms with Crippen LogP contribution in [0.15, 0.2) is 49.4 Å². The van der Waals surface area contributed by atoms with Crippen molar-refractivity contribution in [2.24, 2.45) is 7.05 Å². The lowest BCUT2D eigenvalue weighted by Gasteiger charge is -2.15. The third-order valence-corrected chi connectivity index (χ3v) is 3.24. The van der Waals surface area contributed by atoms with Crippen molar-refractivity contribution in [1.82, 2.24) is 24.7 Å². The fourth-order valence-corrected chi connectivity index (χ4v) is 2.10. The number of nitrogens with zero attached hydrogens (tertiary/aromatic N) is 5. The summed E-state index contributed by atoms with van der Waals surface area (Å²) in [4.78, 5) is 12.4. The lowest BCUT2D eigenvalue weighted by Crippen LogP contribution is -2.08. The summed E-state index contributed by atoms with van der Waals surface area (Å²) >= 11 is 0. The highest BCUT2D eigenvalue weighted by molar-refractivity contribution is 5.61. The number of hydrogen-bond acceptors (Lipinski definition) is 5. The molecule has 21 heavy (non-hydrogen) atoms. The Bertz CT molecular complexity index is 722. The molecule has 3 aromatic heterocycles. The molecule has 3 heterocycles. The van der Waals surface area contributed by atoms with Gasteiger partial charge in [0, 0.05) is 43.0 Å². The van der Waals surface area contributed by atoms with Gasteiger partial charge in [0.05, 0.1) is 12.2 Å². The molecule has 3 aromatic rings. The van der Waals surface area contributed by atoms with E-state index in [9.17, 15) is 0 Å². The van der Waals surface area contributed by atoms with Crippen molar-refractivity contribution in [3.63, 3.8) is 0 Å². The van der Waals surface area contributed by atoms with Crippen LogP contribution in [0.1, 0.15) is 18.5 Å². The summed E-state index contributed by atoms with van der Waals surface area (Å²) < 4.78 is 1.78. The summed E-state index contributed by atoms with van der Waals surface area (Å²) in [5.74, 6) is 0.796. The van der Waals surface area contributed by atoms with Crippen LogP contribution in [-0.4, -0.2) is 24.7 Å². The normalized spacial score (nSPS) is 12.1. The molecule has 0 saturated carbocycles.